The number of benzene rings is 2. The molecule has 30 heavy (non-hydrogen) atoms. The summed E-state index contributed by atoms with van der Waals surface area (Å²) >= 11 is 0. The van der Waals surface area contributed by atoms with Crippen LogP contribution in [0.15, 0.2) is 48.5 Å². The third-order valence-corrected chi connectivity index (χ3v) is 5.46. The Morgan fingerprint density at radius 2 is 1.57 bits per heavy atom. The summed E-state index contributed by atoms with van der Waals surface area (Å²) in [6, 6.07) is 13.8. The first-order chi connectivity index (χ1) is 14.4. The first-order valence-corrected chi connectivity index (χ1v) is 10.2. The maximum Gasteiger partial charge on any atom is 0.307 e. The van der Waals surface area contributed by atoms with E-state index in [1.165, 1.54) is 0 Å². The molecule has 2 aromatic rings. The lowest BCUT2D eigenvalue weighted by Gasteiger charge is -2.17. The van der Waals surface area contributed by atoms with Crippen molar-refractivity contribution < 1.29 is 24.3 Å². The van der Waals surface area contributed by atoms with Gasteiger partial charge in [-0.15, -0.1) is 0 Å². The number of carbonyl (C=O) groups is 4. The fourth-order valence-corrected chi connectivity index (χ4v) is 3.62. The van der Waals surface area contributed by atoms with E-state index in [2.05, 4.69) is 6.92 Å². The molecule has 0 aliphatic carbocycles. The van der Waals surface area contributed by atoms with Gasteiger partial charge in [-0.25, -0.2) is 0 Å². The van der Waals surface area contributed by atoms with E-state index in [9.17, 15) is 24.3 Å². The zero-order chi connectivity index (χ0) is 21.7. The second kappa shape index (κ2) is 9.48. The molecule has 156 valence electrons. The van der Waals surface area contributed by atoms with Gasteiger partial charge in [0.15, 0.2) is 5.78 Å². The van der Waals surface area contributed by atoms with Crippen LogP contribution in [-0.2, 0) is 11.2 Å². The number of aliphatic carboxylic acids is 1. The molecule has 2 aromatic carbocycles. The van der Waals surface area contributed by atoms with E-state index in [1.807, 2.05) is 12.1 Å². The van der Waals surface area contributed by atoms with Crippen LogP contribution in [-0.4, -0.2) is 40.1 Å². The molecule has 1 heterocycles. The summed E-state index contributed by atoms with van der Waals surface area (Å²) in [6.45, 7) is 2.08. The van der Waals surface area contributed by atoms with Crippen LogP contribution in [0.4, 0.5) is 0 Å². The van der Waals surface area contributed by atoms with Gasteiger partial charge in [0.2, 0.25) is 0 Å². The van der Waals surface area contributed by atoms with Crippen molar-refractivity contribution in [3.05, 3.63) is 70.8 Å². The summed E-state index contributed by atoms with van der Waals surface area (Å²) in [4.78, 5) is 50.2. The topological polar surface area (TPSA) is 91.8 Å². The van der Waals surface area contributed by atoms with Crippen molar-refractivity contribution >= 4 is 23.6 Å². The van der Waals surface area contributed by atoms with Gasteiger partial charge in [0, 0.05) is 18.5 Å². The van der Waals surface area contributed by atoms with Gasteiger partial charge in [0.25, 0.3) is 11.8 Å². The number of fused-ring (bicyclic) bond motifs is 1. The number of hydrogen-bond acceptors (Lipinski definition) is 4. The Labute approximate surface area is 175 Å². The molecule has 0 fully saturated rings. The number of Topliss-reactive ketones (excluding diaryl/α,β-unsaturated/α-hetero) is 1. The number of carbonyl (C=O) groups excluding carboxylic acids is 3. The standard InChI is InChI=1S/C24H25NO5/c1-2-3-6-16-9-11-17(12-10-16)21(26)15-18(24(29)30)13-14-25-22(27)19-7-4-5-8-20(19)23(25)28/h4-5,7-12,18H,2-3,6,13-15H2,1H3,(H,29,30)/t18-/m0/s1. The number of unbranched alkanes of at least 4 members (excludes halogenated alkanes) is 1. The zero-order valence-corrected chi connectivity index (χ0v) is 17.0. The summed E-state index contributed by atoms with van der Waals surface area (Å²) in [5, 5.41) is 9.55. The maximum atomic E-state index is 12.6. The molecule has 3 rings (SSSR count). The van der Waals surface area contributed by atoms with Gasteiger partial charge in [-0.1, -0.05) is 49.7 Å². The summed E-state index contributed by atoms with van der Waals surface area (Å²) in [5.41, 5.74) is 2.28. The average Bonchev–Trinajstić information content (AvgIpc) is 3.00. The molecule has 0 spiro atoms. The average molecular weight is 407 g/mol. The van der Waals surface area contributed by atoms with Gasteiger partial charge < -0.3 is 5.11 Å². The highest BCUT2D eigenvalue weighted by molar-refractivity contribution is 6.21. The molecule has 1 aliphatic rings. The number of amides is 2. The van der Waals surface area contributed by atoms with Gasteiger partial charge >= 0.3 is 5.97 Å². The van der Waals surface area contributed by atoms with Crippen molar-refractivity contribution in [2.75, 3.05) is 6.54 Å². The maximum absolute atomic E-state index is 12.6. The number of rotatable bonds is 10. The normalized spacial score (nSPS) is 14.0. The van der Waals surface area contributed by atoms with Crippen LogP contribution in [0, 0.1) is 5.92 Å². The minimum absolute atomic E-state index is 0.0289. The molecule has 2 amide bonds. The lowest BCUT2D eigenvalue weighted by molar-refractivity contribution is -0.142. The quantitative estimate of drug-likeness (QED) is 0.475. The molecule has 1 N–H and O–H groups in total. The zero-order valence-electron chi connectivity index (χ0n) is 17.0. The first kappa shape index (κ1) is 21.4. The molecule has 6 nitrogen and oxygen atoms in total. The molecular weight excluding hydrogens is 382 g/mol. The third kappa shape index (κ3) is 4.64. The van der Waals surface area contributed by atoms with Gasteiger partial charge in [0.1, 0.15) is 0 Å². The van der Waals surface area contributed by atoms with E-state index in [0.29, 0.717) is 16.7 Å². The fraction of sp³-hybridized carbons (Fsp3) is 0.333. The molecular formula is C24H25NO5. The van der Waals surface area contributed by atoms with E-state index in [0.717, 1.165) is 29.7 Å². The van der Waals surface area contributed by atoms with Gasteiger partial charge in [-0.2, -0.15) is 0 Å². The lowest BCUT2D eigenvalue weighted by Crippen LogP contribution is -2.33. The van der Waals surface area contributed by atoms with Crippen molar-refractivity contribution in [3.8, 4) is 0 Å². The van der Waals surface area contributed by atoms with Crippen LogP contribution in [0.2, 0.25) is 0 Å². The van der Waals surface area contributed by atoms with Crippen molar-refractivity contribution in [1.82, 2.24) is 4.90 Å². The Balaban J connectivity index is 1.61. The van der Waals surface area contributed by atoms with Crippen LogP contribution < -0.4 is 0 Å². The lowest BCUT2D eigenvalue weighted by atomic mass is 9.94. The Kier molecular flexibility index (Phi) is 6.77. The van der Waals surface area contributed by atoms with Crippen molar-refractivity contribution in [2.45, 2.75) is 39.0 Å². The van der Waals surface area contributed by atoms with Crippen LogP contribution in [0.3, 0.4) is 0 Å². The number of hydrogen-bond donors (Lipinski definition) is 1. The molecule has 0 bridgehead atoms. The van der Waals surface area contributed by atoms with Crippen molar-refractivity contribution in [3.63, 3.8) is 0 Å². The van der Waals surface area contributed by atoms with Gasteiger partial charge in [-0.05, 0) is 37.0 Å². The van der Waals surface area contributed by atoms with Gasteiger partial charge in [-0.3, -0.25) is 24.1 Å². The largest absolute Gasteiger partial charge is 0.481 e. The molecule has 6 heteroatoms. The molecule has 1 atom stereocenters. The number of nitrogens with zero attached hydrogens (tertiary/aromatic N) is 1. The second-order valence-electron chi connectivity index (χ2n) is 7.56. The van der Waals surface area contributed by atoms with E-state index in [1.54, 1.807) is 36.4 Å². The predicted molar refractivity (Wildman–Crippen MR) is 112 cm³/mol. The van der Waals surface area contributed by atoms with Crippen LogP contribution >= 0.6 is 0 Å². The molecule has 0 radical (unpaired) electrons. The Morgan fingerprint density at radius 1 is 0.967 bits per heavy atom. The Hall–Kier alpha value is -3.28. The van der Waals surface area contributed by atoms with Crippen molar-refractivity contribution in [2.24, 2.45) is 5.92 Å². The highest BCUT2D eigenvalue weighted by atomic mass is 16.4. The second-order valence-corrected chi connectivity index (χ2v) is 7.56. The number of aryl methyl sites for hydroxylation is 1. The summed E-state index contributed by atoms with van der Waals surface area (Å²) in [6.07, 6.45) is 2.97. The Morgan fingerprint density at radius 3 is 2.10 bits per heavy atom. The number of carboxylic acid groups (broad SMARTS) is 1. The number of ketones is 1. The highest BCUT2D eigenvalue weighted by Crippen LogP contribution is 2.24. The summed E-state index contributed by atoms with van der Waals surface area (Å²) < 4.78 is 0. The predicted octanol–water partition coefficient (Wildman–Crippen LogP) is 3.99. The van der Waals surface area contributed by atoms with Crippen molar-refractivity contribution in [1.29, 1.82) is 0 Å². The first-order valence-electron chi connectivity index (χ1n) is 10.2. The monoisotopic (exact) mass is 407 g/mol. The molecule has 1 aliphatic heterocycles. The van der Waals surface area contributed by atoms with Crippen LogP contribution in [0.5, 0.6) is 0 Å². The highest BCUT2D eigenvalue weighted by Gasteiger charge is 2.35. The molecule has 0 saturated heterocycles. The third-order valence-electron chi connectivity index (χ3n) is 5.46. The summed E-state index contributed by atoms with van der Waals surface area (Å²) in [5.74, 6) is -3.18. The SMILES string of the molecule is CCCCc1ccc(C(=O)C[C@H](CCN2C(=O)c3ccccc3C2=O)C(=O)O)cc1. The minimum Gasteiger partial charge on any atom is -0.481 e. The van der Waals surface area contributed by atoms with Crippen LogP contribution in [0.1, 0.15) is 69.2 Å². The molecule has 0 unspecified atom stereocenters. The number of carboxylic acids is 1. The smallest absolute Gasteiger partial charge is 0.307 e. The van der Waals surface area contributed by atoms with Crippen LogP contribution in [0.25, 0.3) is 0 Å². The molecule has 0 saturated carbocycles. The van der Waals surface area contributed by atoms with Gasteiger partial charge in [0.05, 0.1) is 17.0 Å². The summed E-state index contributed by atoms with van der Waals surface area (Å²) in [7, 11) is 0. The van der Waals surface area contributed by atoms with E-state index in [-0.39, 0.29) is 25.2 Å². The Bertz CT molecular complexity index is 929. The minimum atomic E-state index is -1.11. The van der Waals surface area contributed by atoms with E-state index in [4.69, 9.17) is 0 Å². The van der Waals surface area contributed by atoms with E-state index < -0.39 is 23.7 Å². The molecule has 0 aromatic heterocycles. The fourth-order valence-electron chi connectivity index (χ4n) is 3.62. The number of imide groups is 1. The van der Waals surface area contributed by atoms with E-state index >= 15 is 0 Å².